The highest BCUT2D eigenvalue weighted by Gasteiger charge is 2.20. The van der Waals surface area contributed by atoms with Crippen molar-refractivity contribution < 1.29 is 9.21 Å². The second-order valence-corrected chi connectivity index (χ2v) is 6.73. The summed E-state index contributed by atoms with van der Waals surface area (Å²) in [4.78, 5) is 29.7. The van der Waals surface area contributed by atoms with E-state index in [2.05, 4.69) is 15.4 Å². The van der Waals surface area contributed by atoms with E-state index in [1.807, 2.05) is 49.6 Å². The Morgan fingerprint density at radius 1 is 1.36 bits per heavy atom. The van der Waals surface area contributed by atoms with Gasteiger partial charge in [-0.3, -0.25) is 14.6 Å². The monoisotopic (exact) mass is 379 g/mol. The molecule has 4 heterocycles. The first kappa shape index (κ1) is 18.0. The van der Waals surface area contributed by atoms with Crippen LogP contribution in [0.2, 0.25) is 0 Å². The highest BCUT2D eigenvalue weighted by Crippen LogP contribution is 2.29. The topological polar surface area (TPSA) is 94.9 Å². The normalized spacial score (nSPS) is 12.5. The fourth-order valence-electron chi connectivity index (χ4n) is 3.49. The number of carbonyl (C=O) groups is 1. The van der Waals surface area contributed by atoms with Gasteiger partial charge in [0.05, 0.1) is 28.8 Å². The van der Waals surface area contributed by atoms with Crippen LogP contribution < -0.4 is 10.9 Å². The van der Waals surface area contributed by atoms with Crippen molar-refractivity contribution in [3.63, 3.8) is 0 Å². The second-order valence-electron chi connectivity index (χ2n) is 6.73. The lowest BCUT2D eigenvalue weighted by Crippen LogP contribution is -2.35. The maximum Gasteiger partial charge on any atom is 0.291 e. The minimum atomic E-state index is -0.316. The minimum Gasteiger partial charge on any atom is -0.459 e. The number of aromatic nitrogens is 4. The maximum absolute atomic E-state index is 13.0. The van der Waals surface area contributed by atoms with Crippen LogP contribution in [-0.2, 0) is 17.9 Å². The number of pyridine rings is 1. The number of nitrogens with one attached hydrogen (secondary N) is 1. The summed E-state index contributed by atoms with van der Waals surface area (Å²) in [6.45, 7) is 6.13. The molecule has 8 heteroatoms. The molecule has 8 nitrogen and oxygen atoms in total. The number of aryl methyl sites for hydroxylation is 2. The number of rotatable bonds is 5. The molecule has 0 bridgehead atoms. The molecule has 1 N–H and O–H groups in total. The van der Waals surface area contributed by atoms with Crippen molar-refractivity contribution in [2.45, 2.75) is 39.9 Å². The van der Waals surface area contributed by atoms with Gasteiger partial charge in [-0.2, -0.15) is 5.10 Å². The predicted molar refractivity (Wildman–Crippen MR) is 105 cm³/mol. The smallest absolute Gasteiger partial charge is 0.291 e. The molecule has 4 rings (SSSR count). The first-order valence-corrected chi connectivity index (χ1v) is 9.18. The number of carbonyl (C=O) groups excluding carboxylic acids is 1. The van der Waals surface area contributed by atoms with Crippen LogP contribution in [0.4, 0.5) is 0 Å². The third kappa shape index (κ3) is 2.96. The summed E-state index contributed by atoms with van der Waals surface area (Å²) in [5.41, 5.74) is 2.45. The van der Waals surface area contributed by atoms with E-state index in [0.29, 0.717) is 23.0 Å². The number of hydrogen-bond donors (Lipinski definition) is 1. The van der Waals surface area contributed by atoms with E-state index in [-0.39, 0.29) is 24.1 Å². The van der Waals surface area contributed by atoms with E-state index in [0.717, 1.165) is 17.0 Å². The van der Waals surface area contributed by atoms with Crippen molar-refractivity contribution in [1.82, 2.24) is 24.6 Å². The lowest BCUT2D eigenvalue weighted by Gasteiger charge is -2.13. The van der Waals surface area contributed by atoms with E-state index in [1.165, 1.54) is 4.68 Å². The largest absolute Gasteiger partial charge is 0.459 e. The van der Waals surface area contributed by atoms with Crippen molar-refractivity contribution in [3.8, 4) is 0 Å². The van der Waals surface area contributed by atoms with Gasteiger partial charge in [0.1, 0.15) is 17.8 Å². The molecule has 28 heavy (non-hydrogen) atoms. The van der Waals surface area contributed by atoms with E-state index in [4.69, 9.17) is 4.42 Å². The molecule has 1 atom stereocenters. The van der Waals surface area contributed by atoms with E-state index in [1.54, 1.807) is 12.4 Å². The van der Waals surface area contributed by atoms with Gasteiger partial charge in [-0.25, -0.2) is 4.68 Å². The molecule has 0 saturated heterocycles. The molecular formula is C20H21N5O3. The zero-order chi connectivity index (χ0) is 19.8. The van der Waals surface area contributed by atoms with Crippen molar-refractivity contribution in [1.29, 1.82) is 0 Å². The van der Waals surface area contributed by atoms with Gasteiger partial charge in [-0.15, -0.1) is 0 Å². The molecule has 1 amide bonds. The number of amides is 1. The zero-order valence-electron chi connectivity index (χ0n) is 16.0. The van der Waals surface area contributed by atoms with E-state index < -0.39 is 0 Å². The van der Waals surface area contributed by atoms with Gasteiger partial charge in [0, 0.05) is 18.8 Å². The Balaban J connectivity index is 1.65. The Morgan fingerprint density at radius 3 is 2.89 bits per heavy atom. The summed E-state index contributed by atoms with van der Waals surface area (Å²) in [7, 11) is 0. The highest BCUT2D eigenvalue weighted by atomic mass is 16.3. The zero-order valence-corrected chi connectivity index (χ0v) is 16.0. The van der Waals surface area contributed by atoms with Crippen LogP contribution in [0.15, 0.2) is 45.9 Å². The molecule has 144 valence electrons. The van der Waals surface area contributed by atoms with Crippen molar-refractivity contribution >= 4 is 27.9 Å². The molecule has 0 unspecified atom stereocenters. The molecular weight excluding hydrogens is 358 g/mol. The van der Waals surface area contributed by atoms with Gasteiger partial charge in [-0.05, 0) is 32.9 Å². The van der Waals surface area contributed by atoms with Crippen LogP contribution in [0, 0.1) is 6.92 Å². The van der Waals surface area contributed by atoms with Gasteiger partial charge >= 0.3 is 0 Å². The fourth-order valence-corrected chi connectivity index (χ4v) is 3.49. The number of hydrogen-bond acceptors (Lipinski definition) is 5. The predicted octanol–water partition coefficient (Wildman–Crippen LogP) is 2.54. The van der Waals surface area contributed by atoms with Crippen LogP contribution in [0.3, 0.4) is 0 Å². The molecule has 4 aromatic rings. The molecule has 0 fully saturated rings. The summed E-state index contributed by atoms with van der Waals surface area (Å²) < 4.78 is 8.83. The molecule has 4 aromatic heterocycles. The van der Waals surface area contributed by atoms with Gasteiger partial charge in [-0.1, -0.05) is 6.07 Å². The summed E-state index contributed by atoms with van der Waals surface area (Å²) in [6, 6.07) is 7.16. The fraction of sp³-hybridized carbons (Fsp3) is 0.300. The van der Waals surface area contributed by atoms with Crippen molar-refractivity contribution in [3.05, 3.63) is 58.5 Å². The molecule has 0 aromatic carbocycles. The van der Waals surface area contributed by atoms with Crippen LogP contribution in [-0.4, -0.2) is 25.2 Å². The molecule has 0 aliphatic heterocycles. The Kier molecular flexibility index (Phi) is 4.46. The first-order chi connectivity index (χ1) is 13.5. The third-order valence-corrected chi connectivity index (χ3v) is 4.78. The highest BCUT2D eigenvalue weighted by molar-refractivity contribution is 6.04. The minimum absolute atomic E-state index is 0.165. The Bertz CT molecular complexity index is 1220. The molecule has 0 saturated carbocycles. The number of furan rings is 1. The standard InChI is InChI=1S/C20H21N5O3/c1-4-24-16-9-12(2)28-19(16)14-10-22-25(20(27)18(14)24)11-17(26)23-13(3)15-7-5-6-8-21-15/h5-10,13H,4,11H2,1-3H3,(H,23,26)/t13-/m1/s1. The van der Waals surface area contributed by atoms with E-state index in [9.17, 15) is 9.59 Å². The van der Waals surface area contributed by atoms with Crippen molar-refractivity contribution in [2.24, 2.45) is 0 Å². The summed E-state index contributed by atoms with van der Waals surface area (Å²) in [6.07, 6.45) is 3.26. The van der Waals surface area contributed by atoms with Crippen LogP contribution in [0.1, 0.15) is 31.3 Å². The lowest BCUT2D eigenvalue weighted by molar-refractivity contribution is -0.122. The quantitative estimate of drug-likeness (QED) is 0.575. The third-order valence-electron chi connectivity index (χ3n) is 4.78. The van der Waals surface area contributed by atoms with Gasteiger partial charge in [0.15, 0.2) is 5.58 Å². The van der Waals surface area contributed by atoms with Crippen LogP contribution in [0.25, 0.3) is 22.0 Å². The lowest BCUT2D eigenvalue weighted by atomic mass is 10.2. The van der Waals surface area contributed by atoms with Crippen LogP contribution in [0.5, 0.6) is 0 Å². The SMILES string of the molecule is CCn1c2cc(C)oc2c2cnn(CC(=O)N[C@H](C)c3ccccn3)c(=O)c21. The second kappa shape index (κ2) is 6.95. The van der Waals surface area contributed by atoms with Crippen LogP contribution >= 0.6 is 0 Å². The van der Waals surface area contributed by atoms with Crippen molar-refractivity contribution in [2.75, 3.05) is 0 Å². The average Bonchev–Trinajstić information content (AvgIpc) is 3.19. The molecule has 0 aliphatic carbocycles. The molecule has 0 radical (unpaired) electrons. The Labute approximate surface area is 160 Å². The maximum atomic E-state index is 13.0. The van der Waals surface area contributed by atoms with Gasteiger partial charge < -0.3 is 14.3 Å². The number of nitrogens with zero attached hydrogens (tertiary/aromatic N) is 4. The molecule has 0 aliphatic rings. The summed E-state index contributed by atoms with van der Waals surface area (Å²) >= 11 is 0. The summed E-state index contributed by atoms with van der Waals surface area (Å²) in [5.74, 6) is 0.474. The van der Waals surface area contributed by atoms with Gasteiger partial charge in [0.2, 0.25) is 5.91 Å². The van der Waals surface area contributed by atoms with E-state index >= 15 is 0 Å². The first-order valence-electron chi connectivity index (χ1n) is 9.18. The average molecular weight is 379 g/mol. The number of fused-ring (bicyclic) bond motifs is 3. The molecule has 0 spiro atoms. The summed E-state index contributed by atoms with van der Waals surface area (Å²) in [5, 5.41) is 7.70. The van der Waals surface area contributed by atoms with Gasteiger partial charge in [0.25, 0.3) is 5.56 Å². The Morgan fingerprint density at radius 2 is 2.18 bits per heavy atom. The Hall–Kier alpha value is -3.42.